The SMILES string of the molecule is CCN(C(=O)CC1=CCCCC1)[C@@H](C)CS(=O)(=O)CC. The summed E-state index contributed by atoms with van der Waals surface area (Å²) in [5.41, 5.74) is 1.21. The van der Waals surface area contributed by atoms with Crippen LogP contribution in [0.4, 0.5) is 0 Å². The van der Waals surface area contributed by atoms with Crippen molar-refractivity contribution in [2.45, 2.75) is 58.9 Å². The van der Waals surface area contributed by atoms with Gasteiger partial charge in [-0.05, 0) is 39.5 Å². The highest BCUT2D eigenvalue weighted by molar-refractivity contribution is 7.91. The van der Waals surface area contributed by atoms with Gasteiger partial charge in [0.25, 0.3) is 0 Å². The highest BCUT2D eigenvalue weighted by Crippen LogP contribution is 2.21. The maximum absolute atomic E-state index is 12.3. The van der Waals surface area contributed by atoms with E-state index in [9.17, 15) is 13.2 Å². The quantitative estimate of drug-likeness (QED) is 0.679. The Morgan fingerprint density at radius 2 is 2.05 bits per heavy atom. The molecule has 0 bridgehead atoms. The molecule has 1 aliphatic rings. The molecule has 0 fully saturated rings. The number of nitrogens with zero attached hydrogens (tertiary/aromatic N) is 1. The Kier molecular flexibility index (Phi) is 6.72. The van der Waals surface area contributed by atoms with Crippen molar-refractivity contribution >= 4 is 15.7 Å². The van der Waals surface area contributed by atoms with E-state index in [1.165, 1.54) is 12.0 Å². The number of allylic oxidation sites excluding steroid dienone is 1. The summed E-state index contributed by atoms with van der Waals surface area (Å²) in [6.45, 7) is 5.94. The van der Waals surface area contributed by atoms with Crippen LogP contribution in [0.2, 0.25) is 0 Å². The van der Waals surface area contributed by atoms with Crippen LogP contribution in [0.1, 0.15) is 52.9 Å². The van der Waals surface area contributed by atoms with E-state index in [1.807, 2.05) is 13.8 Å². The van der Waals surface area contributed by atoms with Crippen LogP contribution in [0, 0.1) is 0 Å². The maximum Gasteiger partial charge on any atom is 0.226 e. The predicted molar refractivity (Wildman–Crippen MR) is 82.3 cm³/mol. The fourth-order valence-corrected chi connectivity index (χ4v) is 3.82. The fourth-order valence-electron chi connectivity index (χ4n) is 2.67. The van der Waals surface area contributed by atoms with E-state index in [2.05, 4.69) is 6.08 Å². The molecule has 1 rings (SSSR count). The van der Waals surface area contributed by atoms with Crippen molar-refractivity contribution in [1.82, 2.24) is 4.90 Å². The third kappa shape index (κ3) is 5.27. The third-order valence-corrected chi connectivity index (χ3v) is 5.76. The summed E-state index contributed by atoms with van der Waals surface area (Å²) in [7, 11) is -3.05. The third-order valence-electron chi connectivity index (χ3n) is 3.89. The van der Waals surface area contributed by atoms with Gasteiger partial charge in [-0.1, -0.05) is 18.6 Å². The topological polar surface area (TPSA) is 54.5 Å². The first-order chi connectivity index (χ1) is 9.39. The molecule has 0 radical (unpaired) electrons. The molecular formula is C15H27NO3S. The Hall–Kier alpha value is -0.840. The first-order valence-corrected chi connectivity index (χ1v) is 9.39. The molecule has 1 aliphatic carbocycles. The van der Waals surface area contributed by atoms with E-state index in [0.29, 0.717) is 13.0 Å². The van der Waals surface area contributed by atoms with Gasteiger partial charge in [-0.2, -0.15) is 0 Å². The van der Waals surface area contributed by atoms with Gasteiger partial charge in [0.15, 0.2) is 9.84 Å². The van der Waals surface area contributed by atoms with Gasteiger partial charge in [0.1, 0.15) is 0 Å². The number of hydrogen-bond donors (Lipinski definition) is 0. The normalized spacial score (nSPS) is 17.4. The summed E-state index contributed by atoms with van der Waals surface area (Å²) in [6, 6.07) is -0.248. The zero-order valence-corrected chi connectivity index (χ0v) is 13.7. The van der Waals surface area contributed by atoms with E-state index in [0.717, 1.165) is 19.3 Å². The van der Waals surface area contributed by atoms with Crippen LogP contribution in [0.25, 0.3) is 0 Å². The summed E-state index contributed by atoms with van der Waals surface area (Å²) in [6.07, 6.45) is 7.05. The van der Waals surface area contributed by atoms with Gasteiger partial charge in [-0.15, -0.1) is 0 Å². The maximum atomic E-state index is 12.3. The number of amides is 1. The van der Waals surface area contributed by atoms with E-state index in [4.69, 9.17) is 0 Å². The predicted octanol–water partition coefficient (Wildman–Crippen LogP) is 2.55. The van der Waals surface area contributed by atoms with Crippen LogP contribution < -0.4 is 0 Å². The molecule has 20 heavy (non-hydrogen) atoms. The zero-order valence-electron chi connectivity index (χ0n) is 12.9. The lowest BCUT2D eigenvalue weighted by molar-refractivity contribution is -0.131. The Morgan fingerprint density at radius 3 is 2.55 bits per heavy atom. The number of carbonyl (C=O) groups is 1. The Bertz CT molecular complexity index is 454. The smallest absolute Gasteiger partial charge is 0.226 e. The van der Waals surface area contributed by atoms with Crippen LogP contribution in [-0.4, -0.2) is 43.3 Å². The lowest BCUT2D eigenvalue weighted by atomic mass is 9.96. The van der Waals surface area contributed by atoms with Crippen molar-refractivity contribution in [3.63, 3.8) is 0 Å². The molecule has 0 aliphatic heterocycles. The summed E-state index contributed by atoms with van der Waals surface area (Å²) in [5, 5.41) is 0. The monoisotopic (exact) mass is 301 g/mol. The molecule has 0 aromatic carbocycles. The molecule has 0 aromatic rings. The standard InChI is InChI=1S/C15H27NO3S/c1-4-16(13(3)12-20(18,19)5-2)15(17)11-14-9-7-6-8-10-14/h9,13H,4-8,10-12H2,1-3H3/t13-/m0/s1. The molecule has 0 aromatic heterocycles. The van der Waals surface area contributed by atoms with Gasteiger partial charge >= 0.3 is 0 Å². The van der Waals surface area contributed by atoms with Gasteiger partial charge < -0.3 is 4.90 Å². The minimum absolute atomic E-state index is 0.0550. The van der Waals surface area contributed by atoms with Gasteiger partial charge in [-0.3, -0.25) is 4.79 Å². The molecule has 0 saturated heterocycles. The van der Waals surface area contributed by atoms with Crippen LogP contribution >= 0.6 is 0 Å². The van der Waals surface area contributed by atoms with Crippen LogP contribution in [0.3, 0.4) is 0 Å². The van der Waals surface area contributed by atoms with E-state index < -0.39 is 9.84 Å². The second-order valence-electron chi connectivity index (χ2n) is 5.51. The summed E-state index contributed by atoms with van der Waals surface area (Å²) >= 11 is 0. The van der Waals surface area contributed by atoms with Crippen molar-refractivity contribution in [2.24, 2.45) is 0 Å². The lowest BCUT2D eigenvalue weighted by Gasteiger charge is -2.28. The van der Waals surface area contributed by atoms with Gasteiger partial charge in [-0.25, -0.2) is 8.42 Å². The van der Waals surface area contributed by atoms with E-state index in [1.54, 1.807) is 11.8 Å². The highest BCUT2D eigenvalue weighted by Gasteiger charge is 2.23. The molecule has 0 N–H and O–H groups in total. The van der Waals surface area contributed by atoms with Gasteiger partial charge in [0, 0.05) is 24.8 Å². The number of carbonyl (C=O) groups excluding carboxylic acids is 1. The molecule has 0 spiro atoms. The van der Waals surface area contributed by atoms with Crippen molar-refractivity contribution < 1.29 is 13.2 Å². The second kappa shape index (κ2) is 7.81. The van der Waals surface area contributed by atoms with E-state index >= 15 is 0 Å². The molecule has 0 unspecified atom stereocenters. The molecule has 0 saturated carbocycles. The summed E-state index contributed by atoms with van der Waals surface area (Å²) in [5.74, 6) is 0.246. The first kappa shape index (κ1) is 17.2. The molecule has 116 valence electrons. The Labute approximate surface area is 123 Å². The average molecular weight is 301 g/mol. The number of sulfone groups is 1. The average Bonchev–Trinajstić information content (AvgIpc) is 2.40. The zero-order chi connectivity index (χ0) is 15.2. The molecule has 4 nitrogen and oxygen atoms in total. The van der Waals surface area contributed by atoms with Crippen LogP contribution in [-0.2, 0) is 14.6 Å². The summed E-state index contributed by atoms with van der Waals surface area (Å²) in [4.78, 5) is 14.0. The van der Waals surface area contributed by atoms with Gasteiger partial charge in [0.2, 0.25) is 5.91 Å². The van der Waals surface area contributed by atoms with Crippen LogP contribution in [0.5, 0.6) is 0 Å². The van der Waals surface area contributed by atoms with Crippen molar-refractivity contribution in [3.05, 3.63) is 11.6 Å². The van der Waals surface area contributed by atoms with Crippen molar-refractivity contribution in [1.29, 1.82) is 0 Å². The first-order valence-electron chi connectivity index (χ1n) is 7.57. The molecular weight excluding hydrogens is 274 g/mol. The minimum Gasteiger partial charge on any atom is -0.339 e. The molecule has 1 amide bonds. The minimum atomic E-state index is -3.05. The second-order valence-corrected chi connectivity index (χ2v) is 7.91. The van der Waals surface area contributed by atoms with Crippen LogP contribution in [0.15, 0.2) is 11.6 Å². The molecule has 1 atom stereocenters. The van der Waals surface area contributed by atoms with Crippen molar-refractivity contribution in [3.8, 4) is 0 Å². The molecule has 0 heterocycles. The number of hydrogen-bond acceptors (Lipinski definition) is 3. The van der Waals surface area contributed by atoms with Gasteiger partial charge in [0.05, 0.1) is 5.75 Å². The number of rotatable bonds is 7. The Morgan fingerprint density at radius 1 is 1.35 bits per heavy atom. The van der Waals surface area contributed by atoms with Crippen molar-refractivity contribution in [2.75, 3.05) is 18.1 Å². The molecule has 5 heteroatoms. The Balaban J connectivity index is 2.64. The summed E-state index contributed by atoms with van der Waals surface area (Å²) < 4.78 is 23.4. The van der Waals surface area contributed by atoms with E-state index in [-0.39, 0.29) is 23.5 Å². The fraction of sp³-hybridized carbons (Fsp3) is 0.800. The lowest BCUT2D eigenvalue weighted by Crippen LogP contribution is -2.42. The highest BCUT2D eigenvalue weighted by atomic mass is 32.2. The largest absolute Gasteiger partial charge is 0.339 e.